The van der Waals surface area contributed by atoms with Crippen LogP contribution in [0, 0.1) is 0 Å². The molecule has 1 saturated heterocycles. The van der Waals surface area contributed by atoms with E-state index < -0.39 is 0 Å². The van der Waals surface area contributed by atoms with Gasteiger partial charge in [-0.15, -0.1) is 10.2 Å². The number of anilines is 2. The number of halogens is 1. The van der Waals surface area contributed by atoms with Crippen LogP contribution in [0.25, 0.3) is 0 Å². The summed E-state index contributed by atoms with van der Waals surface area (Å²) in [7, 11) is 1.62. The first-order valence-corrected chi connectivity index (χ1v) is 11.0. The van der Waals surface area contributed by atoms with E-state index in [0.29, 0.717) is 36.0 Å². The summed E-state index contributed by atoms with van der Waals surface area (Å²) in [4.78, 5) is 26.5. The van der Waals surface area contributed by atoms with Crippen LogP contribution in [0.4, 0.5) is 10.8 Å². The minimum atomic E-state index is -0.121. The predicted octanol–water partition coefficient (Wildman–Crippen LogP) is 4.29. The monoisotopic (exact) mass is 456 g/mol. The first-order valence-electron chi connectivity index (χ1n) is 9.84. The fourth-order valence-electron chi connectivity index (χ4n) is 3.43. The second kappa shape index (κ2) is 9.45. The Hall–Kier alpha value is -2.97. The second-order valence-corrected chi connectivity index (χ2v) is 8.67. The fourth-order valence-corrected chi connectivity index (χ4v) is 4.40. The number of amides is 2. The van der Waals surface area contributed by atoms with Crippen LogP contribution in [-0.4, -0.2) is 35.7 Å². The Labute approximate surface area is 189 Å². The third kappa shape index (κ3) is 5.21. The average molecular weight is 457 g/mol. The highest BCUT2D eigenvalue weighted by atomic mass is 35.5. The van der Waals surface area contributed by atoms with Gasteiger partial charge >= 0.3 is 0 Å². The molecule has 1 fully saturated rings. The zero-order valence-corrected chi connectivity index (χ0v) is 18.4. The molecule has 0 radical (unpaired) electrons. The maximum Gasteiger partial charge on any atom is 0.227 e. The van der Waals surface area contributed by atoms with Crippen LogP contribution in [0.1, 0.15) is 29.3 Å². The van der Waals surface area contributed by atoms with Gasteiger partial charge in [-0.05, 0) is 48.4 Å². The van der Waals surface area contributed by atoms with E-state index in [9.17, 15) is 9.59 Å². The molecule has 2 amide bonds. The van der Waals surface area contributed by atoms with Crippen LogP contribution in [0.15, 0.2) is 48.5 Å². The van der Waals surface area contributed by atoms with Crippen molar-refractivity contribution in [3.05, 3.63) is 64.1 Å². The molecule has 2 heterocycles. The second-order valence-electron chi connectivity index (χ2n) is 7.22. The van der Waals surface area contributed by atoms with Gasteiger partial charge in [-0.25, -0.2) is 0 Å². The number of nitrogens with one attached hydrogen (secondary N) is 1. The Morgan fingerprint density at radius 3 is 2.65 bits per heavy atom. The lowest BCUT2D eigenvalue weighted by Crippen LogP contribution is -2.24. The summed E-state index contributed by atoms with van der Waals surface area (Å²) in [6, 6.07) is 14.8. The topological polar surface area (TPSA) is 84.4 Å². The summed E-state index contributed by atoms with van der Waals surface area (Å²) in [5, 5.41) is 12.9. The minimum absolute atomic E-state index is 0.0348. The molecule has 4 rings (SSSR count). The molecular formula is C22H21ClN4O3S. The van der Waals surface area contributed by atoms with E-state index in [1.54, 1.807) is 24.1 Å². The van der Waals surface area contributed by atoms with Crippen LogP contribution < -0.4 is 15.0 Å². The largest absolute Gasteiger partial charge is 0.497 e. The summed E-state index contributed by atoms with van der Waals surface area (Å²) in [5.41, 5.74) is 1.87. The third-order valence-corrected chi connectivity index (χ3v) is 6.35. The van der Waals surface area contributed by atoms with E-state index >= 15 is 0 Å². The zero-order valence-electron chi connectivity index (χ0n) is 16.9. The SMILES string of the molecule is COc1ccc(CCC(=O)Nc2nnc([C@H]3CC(=O)N(c4ccc(Cl)cc4)C3)s2)cc1. The number of methoxy groups -OCH3 is 1. The van der Waals surface area contributed by atoms with E-state index in [0.717, 1.165) is 22.0 Å². The van der Waals surface area contributed by atoms with E-state index in [1.165, 1.54) is 11.3 Å². The van der Waals surface area contributed by atoms with Gasteiger partial charge in [0, 0.05) is 36.0 Å². The Kier molecular flexibility index (Phi) is 6.48. The minimum Gasteiger partial charge on any atom is -0.497 e. The number of hydrogen-bond donors (Lipinski definition) is 1. The highest BCUT2D eigenvalue weighted by Gasteiger charge is 2.34. The van der Waals surface area contributed by atoms with Crippen molar-refractivity contribution >= 4 is 45.6 Å². The van der Waals surface area contributed by atoms with Gasteiger partial charge in [0.15, 0.2) is 0 Å². The van der Waals surface area contributed by atoms with E-state index in [2.05, 4.69) is 15.5 Å². The lowest BCUT2D eigenvalue weighted by Gasteiger charge is -2.16. The lowest BCUT2D eigenvalue weighted by atomic mass is 10.1. The summed E-state index contributed by atoms with van der Waals surface area (Å²) < 4.78 is 5.14. The molecule has 1 atom stereocenters. The third-order valence-electron chi connectivity index (χ3n) is 5.10. The maximum atomic E-state index is 12.5. The maximum absolute atomic E-state index is 12.5. The molecule has 0 saturated carbocycles. The average Bonchev–Trinajstić information content (AvgIpc) is 3.40. The molecule has 1 aromatic heterocycles. The molecule has 2 aromatic carbocycles. The quantitative estimate of drug-likeness (QED) is 0.573. The summed E-state index contributed by atoms with van der Waals surface area (Å²) in [6.45, 7) is 0.528. The van der Waals surface area contributed by atoms with Crippen molar-refractivity contribution in [2.24, 2.45) is 0 Å². The molecule has 0 bridgehead atoms. The predicted molar refractivity (Wildman–Crippen MR) is 121 cm³/mol. The van der Waals surface area contributed by atoms with E-state index in [1.807, 2.05) is 36.4 Å². The molecular weight excluding hydrogens is 436 g/mol. The Morgan fingerprint density at radius 1 is 1.19 bits per heavy atom. The number of carbonyl (C=O) groups excluding carboxylic acids is 2. The Balaban J connectivity index is 1.32. The van der Waals surface area contributed by atoms with Gasteiger partial charge in [0.1, 0.15) is 10.8 Å². The number of aryl methyl sites for hydroxylation is 1. The van der Waals surface area contributed by atoms with Crippen LogP contribution in [0.2, 0.25) is 5.02 Å². The zero-order chi connectivity index (χ0) is 21.8. The number of nitrogens with zero attached hydrogens (tertiary/aromatic N) is 3. The number of benzene rings is 2. The molecule has 0 spiro atoms. The van der Waals surface area contributed by atoms with Crippen molar-refractivity contribution in [2.75, 3.05) is 23.9 Å². The number of aromatic nitrogens is 2. The van der Waals surface area contributed by atoms with Gasteiger partial charge in [-0.3, -0.25) is 9.59 Å². The van der Waals surface area contributed by atoms with Crippen LogP contribution in [0.3, 0.4) is 0 Å². The molecule has 9 heteroatoms. The highest BCUT2D eigenvalue weighted by Crippen LogP contribution is 2.34. The molecule has 1 aliphatic heterocycles. The highest BCUT2D eigenvalue weighted by molar-refractivity contribution is 7.15. The van der Waals surface area contributed by atoms with Gasteiger partial charge < -0.3 is 15.0 Å². The van der Waals surface area contributed by atoms with Crippen molar-refractivity contribution in [2.45, 2.75) is 25.2 Å². The number of ether oxygens (including phenoxy) is 1. The first-order chi connectivity index (χ1) is 15.0. The van der Waals surface area contributed by atoms with Crippen LogP contribution in [0.5, 0.6) is 5.75 Å². The van der Waals surface area contributed by atoms with E-state index in [4.69, 9.17) is 16.3 Å². The molecule has 0 unspecified atom stereocenters. The van der Waals surface area contributed by atoms with Gasteiger partial charge in [0.05, 0.1) is 7.11 Å². The normalized spacial score (nSPS) is 15.9. The number of rotatable bonds is 7. The number of hydrogen-bond acceptors (Lipinski definition) is 6. The fraction of sp³-hybridized carbons (Fsp3) is 0.273. The summed E-state index contributed by atoms with van der Waals surface area (Å²) >= 11 is 7.25. The van der Waals surface area contributed by atoms with Crippen molar-refractivity contribution in [1.82, 2.24) is 10.2 Å². The van der Waals surface area contributed by atoms with Crippen molar-refractivity contribution in [3.8, 4) is 5.75 Å². The van der Waals surface area contributed by atoms with Gasteiger partial charge in [0.2, 0.25) is 16.9 Å². The number of carbonyl (C=O) groups is 2. The van der Waals surface area contributed by atoms with Crippen LogP contribution in [-0.2, 0) is 16.0 Å². The Morgan fingerprint density at radius 2 is 1.94 bits per heavy atom. The van der Waals surface area contributed by atoms with Crippen molar-refractivity contribution in [3.63, 3.8) is 0 Å². The van der Waals surface area contributed by atoms with Gasteiger partial charge in [-0.1, -0.05) is 35.1 Å². The molecule has 1 N–H and O–H groups in total. The summed E-state index contributed by atoms with van der Waals surface area (Å²) in [5.74, 6) is 0.650. The smallest absolute Gasteiger partial charge is 0.227 e. The molecule has 3 aromatic rings. The molecule has 0 aliphatic carbocycles. The lowest BCUT2D eigenvalue weighted by molar-refractivity contribution is -0.117. The first kappa shape index (κ1) is 21.3. The van der Waals surface area contributed by atoms with E-state index in [-0.39, 0.29) is 17.7 Å². The van der Waals surface area contributed by atoms with Crippen LogP contribution >= 0.6 is 22.9 Å². The van der Waals surface area contributed by atoms with Gasteiger partial charge in [-0.2, -0.15) is 0 Å². The van der Waals surface area contributed by atoms with Crippen molar-refractivity contribution in [1.29, 1.82) is 0 Å². The van der Waals surface area contributed by atoms with Crippen molar-refractivity contribution < 1.29 is 14.3 Å². The molecule has 7 nitrogen and oxygen atoms in total. The van der Waals surface area contributed by atoms with Gasteiger partial charge in [0.25, 0.3) is 0 Å². The summed E-state index contributed by atoms with van der Waals surface area (Å²) in [6.07, 6.45) is 1.32. The molecule has 31 heavy (non-hydrogen) atoms. The molecule has 1 aliphatic rings. The Bertz CT molecular complexity index is 1070. The standard InChI is InChI=1S/C22H21ClN4O3S/c1-30-18-9-2-14(3-10-18)4-11-19(28)24-22-26-25-21(31-22)15-12-20(29)27(13-15)17-7-5-16(23)6-8-17/h2-3,5-10,15H,4,11-13H2,1H3,(H,24,26,28)/t15-/m0/s1. The molecule has 160 valence electrons.